The SMILES string of the molecule is O=C(CCCOc1ccc(Br)cc1Br)c1ccc(Br)cc1. The van der Waals surface area contributed by atoms with Gasteiger partial charge in [0.25, 0.3) is 0 Å². The summed E-state index contributed by atoms with van der Waals surface area (Å²) in [5, 5.41) is 0. The van der Waals surface area contributed by atoms with Crippen LogP contribution >= 0.6 is 47.8 Å². The average Bonchev–Trinajstić information content (AvgIpc) is 2.46. The Morgan fingerprint density at radius 3 is 2.29 bits per heavy atom. The van der Waals surface area contributed by atoms with Crippen LogP contribution in [0.1, 0.15) is 23.2 Å². The molecule has 0 heterocycles. The van der Waals surface area contributed by atoms with Crippen molar-refractivity contribution in [3.63, 3.8) is 0 Å². The number of hydrogen-bond donors (Lipinski definition) is 0. The predicted octanol–water partition coefficient (Wildman–Crippen LogP) is 6.02. The van der Waals surface area contributed by atoms with Crippen molar-refractivity contribution in [1.29, 1.82) is 0 Å². The summed E-state index contributed by atoms with van der Waals surface area (Å²) in [5.41, 5.74) is 0.739. The molecule has 2 aromatic rings. The molecule has 0 saturated carbocycles. The zero-order chi connectivity index (χ0) is 15.2. The van der Waals surface area contributed by atoms with Gasteiger partial charge in [-0.25, -0.2) is 0 Å². The lowest BCUT2D eigenvalue weighted by molar-refractivity contribution is 0.0973. The summed E-state index contributed by atoms with van der Waals surface area (Å²) in [5.74, 6) is 0.926. The van der Waals surface area contributed by atoms with E-state index in [0.717, 1.165) is 24.7 Å². The van der Waals surface area contributed by atoms with Crippen LogP contribution in [0.25, 0.3) is 0 Å². The van der Waals surface area contributed by atoms with E-state index < -0.39 is 0 Å². The van der Waals surface area contributed by atoms with Crippen molar-refractivity contribution >= 4 is 53.6 Å². The Kier molecular flexibility index (Phi) is 6.45. The molecule has 0 aliphatic heterocycles. The molecule has 0 N–H and O–H groups in total. The molecule has 0 atom stereocenters. The summed E-state index contributed by atoms with van der Waals surface area (Å²) in [6.45, 7) is 0.516. The number of rotatable bonds is 6. The van der Waals surface area contributed by atoms with E-state index in [-0.39, 0.29) is 5.78 Å². The van der Waals surface area contributed by atoms with Crippen LogP contribution in [0, 0.1) is 0 Å². The van der Waals surface area contributed by atoms with Crippen molar-refractivity contribution in [2.24, 2.45) is 0 Å². The van der Waals surface area contributed by atoms with E-state index in [1.807, 2.05) is 42.5 Å². The van der Waals surface area contributed by atoms with Gasteiger partial charge in [0.15, 0.2) is 5.78 Å². The molecule has 2 nitrogen and oxygen atoms in total. The first-order chi connectivity index (χ1) is 10.1. The lowest BCUT2D eigenvalue weighted by Gasteiger charge is -2.08. The van der Waals surface area contributed by atoms with Gasteiger partial charge in [-0.3, -0.25) is 4.79 Å². The molecule has 0 unspecified atom stereocenters. The molecule has 2 aromatic carbocycles. The molecule has 2 rings (SSSR count). The average molecular weight is 477 g/mol. The third kappa shape index (κ3) is 5.24. The molecule has 0 radical (unpaired) electrons. The predicted molar refractivity (Wildman–Crippen MR) is 95.0 cm³/mol. The number of benzene rings is 2. The van der Waals surface area contributed by atoms with Gasteiger partial charge in [0.2, 0.25) is 0 Å². The fourth-order valence-electron chi connectivity index (χ4n) is 1.79. The van der Waals surface area contributed by atoms with Crippen LogP contribution in [-0.2, 0) is 0 Å². The molecular weight excluding hydrogens is 464 g/mol. The van der Waals surface area contributed by atoms with E-state index in [1.165, 1.54) is 0 Å². The molecule has 0 aliphatic carbocycles. The third-order valence-corrected chi connectivity index (χ3v) is 4.51. The van der Waals surface area contributed by atoms with E-state index in [2.05, 4.69) is 47.8 Å². The van der Waals surface area contributed by atoms with Gasteiger partial charge in [0, 0.05) is 20.9 Å². The monoisotopic (exact) mass is 474 g/mol. The minimum Gasteiger partial charge on any atom is -0.492 e. The maximum atomic E-state index is 12.0. The Balaban J connectivity index is 1.79. The number of carbonyl (C=O) groups excluding carboxylic acids is 1. The Bertz CT molecular complexity index is 624. The summed E-state index contributed by atoms with van der Waals surface area (Å²) in [4.78, 5) is 12.0. The van der Waals surface area contributed by atoms with Crippen LogP contribution in [-0.4, -0.2) is 12.4 Å². The highest BCUT2D eigenvalue weighted by molar-refractivity contribution is 9.11. The van der Waals surface area contributed by atoms with E-state index in [1.54, 1.807) is 0 Å². The first-order valence-electron chi connectivity index (χ1n) is 6.43. The molecule has 110 valence electrons. The Morgan fingerprint density at radius 1 is 0.952 bits per heavy atom. The van der Waals surface area contributed by atoms with Crippen LogP contribution in [0.15, 0.2) is 55.9 Å². The topological polar surface area (TPSA) is 26.3 Å². The zero-order valence-electron chi connectivity index (χ0n) is 11.1. The summed E-state index contributed by atoms with van der Waals surface area (Å²) >= 11 is 10.2. The van der Waals surface area contributed by atoms with Gasteiger partial charge in [-0.1, -0.05) is 44.0 Å². The maximum absolute atomic E-state index is 12.0. The lowest BCUT2D eigenvalue weighted by Crippen LogP contribution is -2.04. The van der Waals surface area contributed by atoms with Crippen LogP contribution in [0.4, 0.5) is 0 Å². The standard InChI is InChI=1S/C16H13Br3O2/c17-12-5-3-11(4-6-12)15(20)2-1-9-21-16-8-7-13(18)10-14(16)19/h3-8,10H,1-2,9H2. The first-order valence-corrected chi connectivity index (χ1v) is 8.81. The summed E-state index contributed by atoms with van der Waals surface area (Å²) in [7, 11) is 0. The van der Waals surface area contributed by atoms with Gasteiger partial charge < -0.3 is 4.74 Å². The molecule has 0 amide bonds. The summed E-state index contributed by atoms with van der Waals surface area (Å²) in [6, 6.07) is 13.2. The largest absolute Gasteiger partial charge is 0.492 e. The van der Waals surface area contributed by atoms with Crippen molar-refractivity contribution in [1.82, 2.24) is 0 Å². The molecular formula is C16H13Br3O2. The van der Waals surface area contributed by atoms with E-state index in [0.29, 0.717) is 19.4 Å². The molecule has 0 fully saturated rings. The van der Waals surface area contributed by atoms with Gasteiger partial charge in [-0.2, -0.15) is 0 Å². The van der Waals surface area contributed by atoms with E-state index in [4.69, 9.17) is 4.74 Å². The number of carbonyl (C=O) groups is 1. The quantitative estimate of drug-likeness (QED) is 0.376. The zero-order valence-corrected chi connectivity index (χ0v) is 15.9. The van der Waals surface area contributed by atoms with Crippen molar-refractivity contribution < 1.29 is 9.53 Å². The number of Topliss-reactive ketones (excluding diaryl/α,β-unsaturated/α-hetero) is 1. The highest BCUT2D eigenvalue weighted by Gasteiger charge is 2.06. The van der Waals surface area contributed by atoms with Crippen molar-refractivity contribution in [2.45, 2.75) is 12.8 Å². The third-order valence-electron chi connectivity index (χ3n) is 2.87. The smallest absolute Gasteiger partial charge is 0.163 e. The highest BCUT2D eigenvalue weighted by Crippen LogP contribution is 2.28. The molecule has 0 spiro atoms. The normalized spacial score (nSPS) is 10.4. The van der Waals surface area contributed by atoms with Gasteiger partial charge in [0.1, 0.15) is 5.75 Å². The fourth-order valence-corrected chi connectivity index (χ4v) is 3.21. The Hall–Kier alpha value is -0.650. The lowest BCUT2D eigenvalue weighted by atomic mass is 10.1. The second-order valence-corrected chi connectivity index (χ2v) is 7.14. The van der Waals surface area contributed by atoms with Crippen molar-refractivity contribution in [3.8, 4) is 5.75 Å². The Morgan fingerprint density at radius 2 is 1.62 bits per heavy atom. The van der Waals surface area contributed by atoms with E-state index >= 15 is 0 Å². The molecule has 0 saturated heterocycles. The highest BCUT2D eigenvalue weighted by atomic mass is 79.9. The Labute approximate surface area is 149 Å². The second-order valence-electron chi connectivity index (χ2n) is 4.46. The van der Waals surface area contributed by atoms with Gasteiger partial charge in [-0.15, -0.1) is 0 Å². The molecule has 0 bridgehead atoms. The summed E-state index contributed by atoms with van der Waals surface area (Å²) in [6.07, 6.45) is 1.17. The molecule has 0 aromatic heterocycles. The minimum absolute atomic E-state index is 0.140. The maximum Gasteiger partial charge on any atom is 0.163 e. The van der Waals surface area contributed by atoms with Gasteiger partial charge in [-0.05, 0) is 52.7 Å². The van der Waals surface area contributed by atoms with Gasteiger partial charge in [0.05, 0.1) is 11.1 Å². The van der Waals surface area contributed by atoms with E-state index in [9.17, 15) is 4.79 Å². The molecule has 21 heavy (non-hydrogen) atoms. The van der Waals surface area contributed by atoms with Crippen LogP contribution in [0.5, 0.6) is 5.75 Å². The van der Waals surface area contributed by atoms with Crippen molar-refractivity contribution in [2.75, 3.05) is 6.61 Å². The van der Waals surface area contributed by atoms with Crippen LogP contribution in [0.2, 0.25) is 0 Å². The first kappa shape index (κ1) is 16.7. The van der Waals surface area contributed by atoms with Crippen LogP contribution in [0.3, 0.4) is 0 Å². The number of hydrogen-bond acceptors (Lipinski definition) is 2. The summed E-state index contributed by atoms with van der Waals surface area (Å²) < 4.78 is 8.54. The van der Waals surface area contributed by atoms with Crippen LogP contribution < -0.4 is 4.74 Å². The fraction of sp³-hybridized carbons (Fsp3) is 0.188. The second kappa shape index (κ2) is 8.11. The van der Waals surface area contributed by atoms with Gasteiger partial charge >= 0.3 is 0 Å². The number of halogens is 3. The molecule has 0 aliphatic rings. The number of ether oxygens (including phenoxy) is 1. The minimum atomic E-state index is 0.140. The molecule has 5 heteroatoms. The number of ketones is 1. The van der Waals surface area contributed by atoms with Crippen molar-refractivity contribution in [3.05, 3.63) is 61.4 Å².